The number of hydrogen-bond acceptors (Lipinski definition) is 14. The number of nitrogens with two attached hydrogens (primary N) is 2. The number of benzene rings is 6. The van der Waals surface area contributed by atoms with Crippen LogP contribution in [0.3, 0.4) is 0 Å². The topological polar surface area (TPSA) is 216 Å². The Morgan fingerprint density at radius 1 is 0.506 bits per heavy atom. The summed E-state index contributed by atoms with van der Waals surface area (Å²) in [7, 11) is 2.61. The zero-order valence-corrected chi connectivity index (χ0v) is 42.7. The van der Waals surface area contributed by atoms with Crippen LogP contribution >= 0.6 is 0 Å². The first-order valence-corrected chi connectivity index (χ1v) is 24.4. The van der Waals surface area contributed by atoms with Crippen LogP contribution in [0, 0.1) is 5.41 Å². The average Bonchev–Trinajstić information content (AvgIpc) is 3.43. The molecular weight excluding hydrogens is 1040 g/mol. The Labute approximate surface area is 450 Å². The summed E-state index contributed by atoms with van der Waals surface area (Å²) in [6, 6.07) is 33.0. The highest BCUT2D eigenvalue weighted by molar-refractivity contribution is 6.01. The number of nitrogen functional groups attached to an aromatic ring is 2. The fourth-order valence-electron chi connectivity index (χ4n) is 8.10. The predicted octanol–water partition coefficient (Wildman–Crippen LogP) is 10.8. The van der Waals surface area contributed by atoms with Gasteiger partial charge in [0.25, 0.3) is 0 Å². The lowest BCUT2D eigenvalue weighted by Crippen LogP contribution is -2.54. The van der Waals surface area contributed by atoms with E-state index in [0.29, 0.717) is 33.6 Å². The molecule has 6 aromatic carbocycles. The maximum atomic E-state index is 14.2. The summed E-state index contributed by atoms with van der Waals surface area (Å²) in [5.74, 6) is -2.62. The lowest BCUT2D eigenvalue weighted by Gasteiger charge is -2.40. The van der Waals surface area contributed by atoms with Crippen molar-refractivity contribution >= 4 is 47.0 Å². The summed E-state index contributed by atoms with van der Waals surface area (Å²) in [5.41, 5.74) is 12.9. The summed E-state index contributed by atoms with van der Waals surface area (Å²) in [6.45, 7) is -0.463. The van der Waals surface area contributed by atoms with E-state index in [-0.39, 0.29) is 84.5 Å². The van der Waals surface area contributed by atoms with Gasteiger partial charge < -0.3 is 50.1 Å². The van der Waals surface area contributed by atoms with E-state index in [4.69, 9.17) is 39.9 Å². The Morgan fingerprint density at radius 3 is 1.19 bits per heavy atom. The Balaban J connectivity index is 1.17. The van der Waals surface area contributed by atoms with Crippen molar-refractivity contribution < 1.29 is 84.2 Å². The average molecular weight is 1100 g/mol. The van der Waals surface area contributed by atoms with Crippen molar-refractivity contribution in [1.82, 2.24) is 0 Å². The van der Waals surface area contributed by atoms with Gasteiger partial charge >= 0.3 is 24.3 Å². The monoisotopic (exact) mass is 1100 g/mol. The number of carbonyl (C=O) groups excluding carboxylic acids is 4. The number of aliphatic hydroxyl groups is 2. The fourth-order valence-corrected chi connectivity index (χ4v) is 8.10. The number of aliphatic hydroxyl groups excluding tert-OH is 2. The molecular formula is C59H56F6N2O12. The van der Waals surface area contributed by atoms with Crippen LogP contribution < -0.4 is 39.9 Å². The van der Waals surface area contributed by atoms with E-state index < -0.39 is 66.3 Å². The Bertz CT molecular complexity index is 2880. The van der Waals surface area contributed by atoms with E-state index in [0.717, 1.165) is 12.2 Å². The van der Waals surface area contributed by atoms with Crippen LogP contribution in [0.15, 0.2) is 146 Å². The molecule has 0 aromatic heterocycles. The zero-order valence-electron chi connectivity index (χ0n) is 42.7. The van der Waals surface area contributed by atoms with Gasteiger partial charge in [0, 0.05) is 29.6 Å². The van der Waals surface area contributed by atoms with Crippen LogP contribution in [0.25, 0.3) is 12.2 Å². The summed E-state index contributed by atoms with van der Waals surface area (Å²) < 4.78 is 108. The van der Waals surface area contributed by atoms with Crippen LogP contribution in [0.4, 0.5) is 37.7 Å². The molecule has 0 fully saturated rings. The Morgan fingerprint density at radius 2 is 0.861 bits per heavy atom. The Kier molecular flexibility index (Phi) is 20.5. The molecule has 14 nitrogen and oxygen atoms in total. The Hall–Kier alpha value is -8.62. The van der Waals surface area contributed by atoms with E-state index in [1.165, 1.54) is 111 Å². The number of alkyl halides is 6. The second kappa shape index (κ2) is 27.1. The molecule has 0 amide bonds. The number of carbonyl (C=O) groups is 4. The van der Waals surface area contributed by atoms with E-state index in [2.05, 4.69) is 0 Å². The molecule has 0 aliphatic rings. The van der Waals surface area contributed by atoms with Crippen LogP contribution in [0.5, 0.6) is 34.5 Å². The maximum Gasteiger partial charge on any atom is 0.389 e. The lowest BCUT2D eigenvalue weighted by molar-refractivity contribution is -0.146. The highest BCUT2D eigenvalue weighted by Gasteiger charge is 2.49. The third-order valence-corrected chi connectivity index (χ3v) is 12.2. The van der Waals surface area contributed by atoms with Crippen LogP contribution in [0.2, 0.25) is 0 Å². The van der Waals surface area contributed by atoms with Crippen molar-refractivity contribution in [2.45, 2.75) is 63.1 Å². The SMILES string of the molecule is COc1cc(C(=O)Oc2ccc(/C=C/C(=O)C(O)C(Cc3ccc(N)cc3)(Cc3ccc(N)cc3)C(O)C(=O)/C=C/c3ccc(OC(=O)c4ccc(OCCCC(F)(F)F)c(OC)c4)cc3)cc2)ccc1OCCCC(F)(F)F. The van der Waals surface area contributed by atoms with E-state index in [1.54, 1.807) is 48.5 Å². The quantitative estimate of drug-likeness (QED) is 0.00993. The number of ketones is 2. The molecule has 2 atom stereocenters. The highest BCUT2D eigenvalue weighted by atomic mass is 19.4. The molecule has 416 valence electrons. The van der Waals surface area contributed by atoms with Gasteiger partial charge in [-0.1, -0.05) is 60.7 Å². The molecule has 0 heterocycles. The van der Waals surface area contributed by atoms with Crippen LogP contribution in [0.1, 0.15) is 68.7 Å². The normalized spacial score (nSPS) is 12.7. The van der Waals surface area contributed by atoms with Gasteiger partial charge in [-0.15, -0.1) is 0 Å². The van der Waals surface area contributed by atoms with Crippen molar-refractivity contribution in [1.29, 1.82) is 0 Å². The molecule has 6 aromatic rings. The minimum atomic E-state index is -4.33. The number of methoxy groups -OCH3 is 2. The van der Waals surface area contributed by atoms with Gasteiger partial charge in [-0.3, -0.25) is 9.59 Å². The van der Waals surface area contributed by atoms with Crippen molar-refractivity contribution in [3.63, 3.8) is 0 Å². The van der Waals surface area contributed by atoms with Crippen molar-refractivity contribution in [3.05, 3.63) is 179 Å². The minimum Gasteiger partial charge on any atom is -0.493 e. The number of hydrogen-bond donors (Lipinski definition) is 4. The van der Waals surface area contributed by atoms with Crippen molar-refractivity contribution in [2.24, 2.45) is 5.41 Å². The largest absolute Gasteiger partial charge is 0.493 e. The maximum absolute atomic E-state index is 14.2. The van der Waals surface area contributed by atoms with E-state index in [1.807, 2.05) is 0 Å². The zero-order chi connectivity index (χ0) is 57.3. The third kappa shape index (κ3) is 17.7. The molecule has 20 heteroatoms. The molecule has 0 aliphatic carbocycles. The first-order chi connectivity index (χ1) is 37.5. The summed E-state index contributed by atoms with van der Waals surface area (Å²) >= 11 is 0. The molecule has 6 N–H and O–H groups in total. The number of ether oxygens (including phenoxy) is 6. The number of anilines is 2. The van der Waals surface area contributed by atoms with Crippen molar-refractivity contribution in [3.8, 4) is 34.5 Å². The summed E-state index contributed by atoms with van der Waals surface area (Å²) in [6.07, 6.45) is -10.7. The predicted molar refractivity (Wildman–Crippen MR) is 282 cm³/mol. The molecule has 0 bridgehead atoms. The van der Waals surface area contributed by atoms with Gasteiger partial charge in [-0.25, -0.2) is 9.59 Å². The molecule has 2 unspecified atom stereocenters. The third-order valence-electron chi connectivity index (χ3n) is 12.2. The molecule has 0 radical (unpaired) electrons. The van der Waals surface area contributed by atoms with Gasteiger partial charge in [-0.2, -0.15) is 26.3 Å². The van der Waals surface area contributed by atoms with Gasteiger partial charge in [0.1, 0.15) is 23.7 Å². The molecule has 0 spiro atoms. The van der Waals surface area contributed by atoms with Gasteiger partial charge in [0.2, 0.25) is 0 Å². The molecule has 0 saturated heterocycles. The minimum absolute atomic E-state index is 0.0549. The second-order valence-electron chi connectivity index (χ2n) is 18.1. The van der Waals surface area contributed by atoms with Gasteiger partial charge in [-0.05, 0) is 145 Å². The molecule has 79 heavy (non-hydrogen) atoms. The van der Waals surface area contributed by atoms with Gasteiger partial charge in [0.05, 0.1) is 38.6 Å². The number of esters is 2. The molecule has 0 aliphatic heterocycles. The second-order valence-corrected chi connectivity index (χ2v) is 18.1. The van der Waals surface area contributed by atoms with Crippen molar-refractivity contribution in [2.75, 3.05) is 38.9 Å². The number of halogens is 6. The van der Waals surface area contributed by atoms with Gasteiger partial charge in [0.15, 0.2) is 34.6 Å². The van der Waals surface area contributed by atoms with Crippen LogP contribution in [-0.2, 0) is 22.4 Å². The van der Waals surface area contributed by atoms with Crippen LogP contribution in [-0.4, -0.2) is 85.7 Å². The van der Waals surface area contributed by atoms with E-state index in [9.17, 15) is 55.7 Å². The smallest absolute Gasteiger partial charge is 0.389 e. The summed E-state index contributed by atoms with van der Waals surface area (Å²) in [5, 5.41) is 24.5. The highest BCUT2D eigenvalue weighted by Crippen LogP contribution is 2.39. The number of rotatable bonds is 26. The lowest BCUT2D eigenvalue weighted by atomic mass is 9.66. The first-order valence-electron chi connectivity index (χ1n) is 24.4. The molecule has 0 saturated carbocycles. The van der Waals surface area contributed by atoms with E-state index >= 15 is 0 Å². The molecule has 6 rings (SSSR count). The first kappa shape index (κ1) is 59.6. The standard InChI is InChI=1S/C59H56F6N2O12/c1-74-51-33-41(15-27-49(51)76-31-3-29-58(60,61)62)55(72)78-45-21-9-37(10-22-45)13-25-47(68)53(70)57(35-39-5-17-43(66)18-6-39,36-40-7-19-44(67)20-8-40)54(71)48(69)26-14-38-11-23-46(24-12-38)79-56(73)42-16-28-50(52(34-42)75-2)77-32-4-30-59(63,64)65/h5-28,33-34,53-54,70-71H,3-4,29-32,35-36,66-67H2,1-2H3/b25-13+,26-14+. The fraction of sp³-hybridized carbons (Fsp3) is 0.254. The summed E-state index contributed by atoms with van der Waals surface area (Å²) in [4.78, 5) is 54.5.